The molecule has 0 bridgehead atoms. The van der Waals surface area contributed by atoms with E-state index in [1.807, 2.05) is 0 Å². The Hall–Kier alpha value is -1.11. The van der Waals surface area contributed by atoms with Crippen LogP contribution in [0.25, 0.3) is 0 Å². The van der Waals surface area contributed by atoms with Crippen LogP contribution >= 0.6 is 0 Å². The lowest BCUT2D eigenvalue weighted by Crippen LogP contribution is -2.43. The van der Waals surface area contributed by atoms with Gasteiger partial charge in [0.15, 0.2) is 0 Å². The average molecular weight is 888 g/mol. The lowest BCUT2D eigenvalue weighted by atomic mass is 10.0. The molecule has 0 N–H and O–H groups in total. The smallest absolute Gasteiger partial charge is 0.236 e. The van der Waals surface area contributed by atoms with E-state index >= 15 is 0 Å². The standard InChI is InChI=1S/C57H114N4O2/c1-7-12-17-20-22-23-24-25-26-28-32-37-45-59(46-38-33-29-30-34-41-55(6)63-51-40-16-11-5)52-56-42-48-61(53-56)57(62)54-60(47-39-31-27-21-18-13-8-2)50-49-58(43-35-15-10-4)44-36-19-14-9-3/h56H,6-54H2,1-5H3. The second kappa shape index (κ2) is 46.0. The number of nitrogens with zero attached hydrogens (tertiary/aromatic N) is 4. The summed E-state index contributed by atoms with van der Waals surface area (Å²) in [5.41, 5.74) is 0. The lowest BCUT2D eigenvalue weighted by Gasteiger charge is -2.29. The van der Waals surface area contributed by atoms with Gasteiger partial charge in [0.25, 0.3) is 0 Å². The van der Waals surface area contributed by atoms with Crippen LogP contribution in [0.3, 0.4) is 0 Å². The van der Waals surface area contributed by atoms with Crippen LogP contribution < -0.4 is 0 Å². The maximum Gasteiger partial charge on any atom is 0.236 e. The molecule has 1 atom stereocenters. The molecule has 1 rings (SSSR count). The predicted molar refractivity (Wildman–Crippen MR) is 279 cm³/mol. The van der Waals surface area contributed by atoms with Crippen LogP contribution in [0.2, 0.25) is 0 Å². The fraction of sp³-hybridized carbons (Fsp3) is 0.947. The molecule has 1 saturated heterocycles. The van der Waals surface area contributed by atoms with Gasteiger partial charge in [-0.05, 0) is 90.0 Å². The molecule has 1 unspecified atom stereocenters. The van der Waals surface area contributed by atoms with Gasteiger partial charge in [-0.1, -0.05) is 215 Å². The Balaban J connectivity index is 2.70. The summed E-state index contributed by atoms with van der Waals surface area (Å²) in [5, 5.41) is 0. The van der Waals surface area contributed by atoms with Crippen LogP contribution in [-0.2, 0) is 9.53 Å². The Kier molecular flexibility index (Phi) is 43.8. The zero-order chi connectivity index (χ0) is 45.7. The average Bonchev–Trinajstić information content (AvgIpc) is 3.76. The van der Waals surface area contributed by atoms with Crippen molar-refractivity contribution in [1.82, 2.24) is 19.6 Å². The molecule has 374 valence electrons. The molecule has 6 nitrogen and oxygen atoms in total. The number of carbonyl (C=O) groups excluding carboxylic acids is 1. The highest BCUT2D eigenvalue weighted by molar-refractivity contribution is 5.78. The molecule has 1 fully saturated rings. The normalized spacial score (nSPS) is 14.3. The molecular weight excluding hydrogens is 773 g/mol. The van der Waals surface area contributed by atoms with E-state index in [2.05, 4.69) is 60.8 Å². The summed E-state index contributed by atoms with van der Waals surface area (Å²) in [6.45, 7) is 28.3. The second-order valence-electron chi connectivity index (χ2n) is 20.3. The number of allylic oxidation sites excluding steroid dienone is 1. The first kappa shape index (κ1) is 59.9. The first-order valence-electron chi connectivity index (χ1n) is 28.7. The van der Waals surface area contributed by atoms with Gasteiger partial charge >= 0.3 is 0 Å². The van der Waals surface area contributed by atoms with E-state index in [1.54, 1.807) is 0 Å². The van der Waals surface area contributed by atoms with E-state index in [1.165, 1.54) is 251 Å². The zero-order valence-electron chi connectivity index (χ0n) is 43.8. The minimum Gasteiger partial charge on any atom is -0.499 e. The molecular formula is C57H114N4O2. The zero-order valence-corrected chi connectivity index (χ0v) is 43.8. The highest BCUT2D eigenvalue weighted by atomic mass is 16.5. The summed E-state index contributed by atoms with van der Waals surface area (Å²) >= 11 is 0. The monoisotopic (exact) mass is 887 g/mol. The third kappa shape index (κ3) is 37.7. The molecule has 63 heavy (non-hydrogen) atoms. The quantitative estimate of drug-likeness (QED) is 0.0450. The second-order valence-corrected chi connectivity index (χ2v) is 20.3. The van der Waals surface area contributed by atoms with Crippen molar-refractivity contribution in [2.75, 3.05) is 78.6 Å². The fourth-order valence-electron chi connectivity index (χ4n) is 9.69. The van der Waals surface area contributed by atoms with Crippen molar-refractivity contribution in [3.05, 3.63) is 12.3 Å². The molecule has 0 radical (unpaired) electrons. The van der Waals surface area contributed by atoms with Gasteiger partial charge in [0.05, 0.1) is 18.9 Å². The van der Waals surface area contributed by atoms with Gasteiger partial charge in [-0.3, -0.25) is 9.69 Å². The van der Waals surface area contributed by atoms with Gasteiger partial charge in [0.2, 0.25) is 5.91 Å². The van der Waals surface area contributed by atoms with Gasteiger partial charge in [0, 0.05) is 39.1 Å². The van der Waals surface area contributed by atoms with Gasteiger partial charge in [-0.2, -0.15) is 0 Å². The van der Waals surface area contributed by atoms with Crippen LogP contribution in [0.1, 0.15) is 266 Å². The van der Waals surface area contributed by atoms with Gasteiger partial charge in [0.1, 0.15) is 0 Å². The van der Waals surface area contributed by atoms with Crippen molar-refractivity contribution in [3.63, 3.8) is 0 Å². The van der Waals surface area contributed by atoms with Crippen LogP contribution in [0.4, 0.5) is 0 Å². The summed E-state index contributed by atoms with van der Waals surface area (Å²) in [7, 11) is 0. The molecule has 0 aliphatic carbocycles. The Bertz CT molecular complexity index is 976. The topological polar surface area (TPSA) is 39.3 Å². The van der Waals surface area contributed by atoms with Gasteiger partial charge < -0.3 is 19.4 Å². The summed E-state index contributed by atoms with van der Waals surface area (Å²) in [5.74, 6) is 1.99. The minimum atomic E-state index is 0.391. The van der Waals surface area contributed by atoms with E-state index in [9.17, 15) is 4.79 Å². The number of hydrogen-bond donors (Lipinski definition) is 0. The molecule has 6 heteroatoms. The van der Waals surface area contributed by atoms with Crippen LogP contribution in [-0.4, -0.2) is 104 Å². The fourth-order valence-corrected chi connectivity index (χ4v) is 9.69. The lowest BCUT2D eigenvalue weighted by molar-refractivity contribution is -0.131. The molecule has 0 spiro atoms. The Morgan fingerprint density at radius 2 is 0.825 bits per heavy atom. The maximum atomic E-state index is 14.1. The van der Waals surface area contributed by atoms with Gasteiger partial charge in [-0.25, -0.2) is 0 Å². The maximum absolute atomic E-state index is 14.1. The molecule has 0 aromatic carbocycles. The first-order chi connectivity index (χ1) is 31.0. The third-order valence-corrected chi connectivity index (χ3v) is 14.0. The summed E-state index contributed by atoms with van der Waals surface area (Å²) in [4.78, 5) is 24.4. The van der Waals surface area contributed by atoms with Crippen molar-refractivity contribution < 1.29 is 9.53 Å². The molecule has 0 aromatic rings. The number of likely N-dealkylation sites (tertiary alicyclic amines) is 1. The van der Waals surface area contributed by atoms with Crippen molar-refractivity contribution in [1.29, 1.82) is 0 Å². The van der Waals surface area contributed by atoms with Gasteiger partial charge in [-0.15, -0.1) is 0 Å². The number of amides is 1. The Labute approximate surface area is 396 Å². The number of hydrogen-bond acceptors (Lipinski definition) is 5. The van der Waals surface area contributed by atoms with E-state index in [-0.39, 0.29) is 0 Å². The molecule has 1 heterocycles. The summed E-state index contributed by atoms with van der Waals surface area (Å²) in [6, 6.07) is 0. The Morgan fingerprint density at radius 3 is 1.33 bits per heavy atom. The molecule has 0 saturated carbocycles. The third-order valence-electron chi connectivity index (χ3n) is 14.0. The van der Waals surface area contributed by atoms with E-state index in [4.69, 9.17) is 4.74 Å². The van der Waals surface area contributed by atoms with Crippen molar-refractivity contribution in [2.24, 2.45) is 5.92 Å². The van der Waals surface area contributed by atoms with Crippen LogP contribution in [0.15, 0.2) is 12.3 Å². The molecule has 1 amide bonds. The van der Waals surface area contributed by atoms with Crippen molar-refractivity contribution in [2.45, 2.75) is 266 Å². The summed E-state index contributed by atoms with van der Waals surface area (Å²) < 4.78 is 5.86. The minimum absolute atomic E-state index is 0.391. The highest BCUT2D eigenvalue weighted by Crippen LogP contribution is 2.21. The molecule has 1 aliphatic heterocycles. The first-order valence-corrected chi connectivity index (χ1v) is 28.7. The number of unbranched alkanes of at least 4 members (excludes halogenated alkanes) is 28. The van der Waals surface area contributed by atoms with Crippen LogP contribution in [0.5, 0.6) is 0 Å². The highest BCUT2D eigenvalue weighted by Gasteiger charge is 2.28. The van der Waals surface area contributed by atoms with E-state index < -0.39 is 0 Å². The summed E-state index contributed by atoms with van der Waals surface area (Å²) in [6.07, 6.45) is 47.6. The SMILES string of the molecule is C=C(CCCCCCCN(CCCCCCCCCCCCCC)CC1CCN(C(=O)CN(CCCCCCCCC)CCN(CCCCC)CCCCCC)C1)OCCCCC. The van der Waals surface area contributed by atoms with Crippen molar-refractivity contribution >= 4 is 5.91 Å². The largest absolute Gasteiger partial charge is 0.499 e. The van der Waals surface area contributed by atoms with E-state index in [0.29, 0.717) is 18.4 Å². The molecule has 0 aromatic heterocycles. The predicted octanol–water partition coefficient (Wildman–Crippen LogP) is 16.0. The number of rotatable bonds is 50. The number of ether oxygens (including phenoxy) is 1. The Morgan fingerprint density at radius 1 is 0.460 bits per heavy atom. The molecule has 1 aliphatic rings. The van der Waals surface area contributed by atoms with E-state index in [0.717, 1.165) is 57.9 Å². The number of carbonyl (C=O) groups is 1. The van der Waals surface area contributed by atoms with Crippen molar-refractivity contribution in [3.8, 4) is 0 Å². The van der Waals surface area contributed by atoms with Crippen LogP contribution in [0, 0.1) is 5.92 Å².